The van der Waals surface area contributed by atoms with Crippen molar-refractivity contribution in [3.05, 3.63) is 12.2 Å². The Bertz CT molecular complexity index is 515. The molecule has 0 bridgehead atoms. The fraction of sp³-hybridized carbons (Fsp3) is 0.667. The molecular weight excluding hydrogens is 319 g/mol. The van der Waals surface area contributed by atoms with E-state index in [0.717, 1.165) is 6.92 Å². The highest BCUT2D eigenvalue weighted by molar-refractivity contribution is 5.87. The third-order valence-corrected chi connectivity index (χ3v) is 2.96. The molecule has 0 amide bonds. The van der Waals surface area contributed by atoms with E-state index < -0.39 is 42.0 Å². The minimum atomic E-state index is -5.75. The molecule has 22 heavy (non-hydrogen) atoms. The molecule has 1 rings (SSSR count). The SMILES string of the molecule is C=C(C)C(=O)OC1(C)COC(OC(C)=O)(C(F)(F)F)C1(F)F. The summed E-state index contributed by atoms with van der Waals surface area (Å²) in [6.07, 6.45) is -5.75. The summed E-state index contributed by atoms with van der Waals surface area (Å²) in [5, 5.41) is 0. The first-order valence-electron chi connectivity index (χ1n) is 5.87. The molecule has 0 N–H and O–H groups in total. The zero-order valence-corrected chi connectivity index (χ0v) is 11.8. The molecule has 1 aliphatic heterocycles. The quantitative estimate of drug-likeness (QED) is 0.451. The van der Waals surface area contributed by atoms with Gasteiger partial charge in [-0.05, 0) is 13.8 Å². The van der Waals surface area contributed by atoms with E-state index in [-0.39, 0.29) is 5.57 Å². The molecule has 0 aromatic rings. The van der Waals surface area contributed by atoms with E-state index in [2.05, 4.69) is 20.8 Å². The third kappa shape index (κ3) is 2.55. The average molecular weight is 332 g/mol. The topological polar surface area (TPSA) is 61.8 Å². The van der Waals surface area contributed by atoms with Gasteiger partial charge in [0, 0.05) is 12.5 Å². The Labute approximate surface area is 122 Å². The minimum absolute atomic E-state index is 0.297. The van der Waals surface area contributed by atoms with Crippen LogP contribution in [0, 0.1) is 0 Å². The van der Waals surface area contributed by atoms with Crippen molar-refractivity contribution in [1.82, 2.24) is 0 Å². The van der Waals surface area contributed by atoms with Gasteiger partial charge in [-0.15, -0.1) is 0 Å². The number of carbonyl (C=O) groups is 2. The van der Waals surface area contributed by atoms with Gasteiger partial charge in [-0.3, -0.25) is 4.79 Å². The smallest absolute Gasteiger partial charge is 0.447 e. The zero-order valence-electron chi connectivity index (χ0n) is 11.8. The Morgan fingerprint density at radius 1 is 1.18 bits per heavy atom. The van der Waals surface area contributed by atoms with Crippen LogP contribution < -0.4 is 0 Å². The summed E-state index contributed by atoms with van der Waals surface area (Å²) < 4.78 is 80.2. The summed E-state index contributed by atoms with van der Waals surface area (Å²) in [6.45, 7) is 4.00. The van der Waals surface area contributed by atoms with Crippen LogP contribution in [0.1, 0.15) is 20.8 Å². The van der Waals surface area contributed by atoms with Crippen LogP contribution in [-0.2, 0) is 23.8 Å². The van der Waals surface area contributed by atoms with Crippen LogP contribution in [-0.4, -0.2) is 42.0 Å². The van der Waals surface area contributed by atoms with Crippen molar-refractivity contribution >= 4 is 11.9 Å². The van der Waals surface area contributed by atoms with Crippen molar-refractivity contribution in [3.63, 3.8) is 0 Å². The van der Waals surface area contributed by atoms with Crippen LogP contribution in [0.4, 0.5) is 22.0 Å². The van der Waals surface area contributed by atoms with Crippen LogP contribution in [0.25, 0.3) is 0 Å². The van der Waals surface area contributed by atoms with Crippen molar-refractivity contribution in [2.24, 2.45) is 0 Å². The average Bonchev–Trinajstić information content (AvgIpc) is 2.49. The van der Waals surface area contributed by atoms with E-state index >= 15 is 0 Å². The second-order valence-electron chi connectivity index (χ2n) is 4.97. The first kappa shape index (κ1) is 18.3. The van der Waals surface area contributed by atoms with Crippen molar-refractivity contribution in [2.45, 2.75) is 44.3 Å². The molecule has 1 heterocycles. The van der Waals surface area contributed by atoms with Gasteiger partial charge in [0.05, 0.1) is 6.61 Å². The summed E-state index contributed by atoms with van der Waals surface area (Å²) >= 11 is 0. The van der Waals surface area contributed by atoms with Crippen molar-refractivity contribution in [1.29, 1.82) is 0 Å². The number of hydrogen-bond donors (Lipinski definition) is 0. The van der Waals surface area contributed by atoms with Gasteiger partial charge >= 0.3 is 29.8 Å². The predicted octanol–water partition coefficient (Wildman–Crippen LogP) is 2.35. The van der Waals surface area contributed by atoms with Gasteiger partial charge in [0.15, 0.2) is 0 Å². The van der Waals surface area contributed by atoms with E-state index in [1.54, 1.807) is 0 Å². The fourth-order valence-electron chi connectivity index (χ4n) is 1.77. The fourth-order valence-corrected chi connectivity index (χ4v) is 1.77. The lowest BCUT2D eigenvalue weighted by atomic mass is 9.94. The molecule has 1 saturated heterocycles. The zero-order chi connectivity index (χ0) is 17.6. The second-order valence-corrected chi connectivity index (χ2v) is 4.97. The summed E-state index contributed by atoms with van der Waals surface area (Å²) in [5.41, 5.74) is -3.29. The van der Waals surface area contributed by atoms with Crippen LogP contribution in [0.2, 0.25) is 0 Å². The highest BCUT2D eigenvalue weighted by atomic mass is 19.4. The molecule has 0 aromatic heterocycles. The summed E-state index contributed by atoms with van der Waals surface area (Å²) in [5.74, 6) is -12.4. The number of esters is 2. The first-order chi connectivity index (χ1) is 9.70. The monoisotopic (exact) mass is 332 g/mol. The molecule has 10 heteroatoms. The Morgan fingerprint density at radius 2 is 1.68 bits per heavy atom. The molecule has 2 atom stereocenters. The molecule has 126 valence electrons. The predicted molar refractivity (Wildman–Crippen MR) is 60.8 cm³/mol. The molecule has 0 radical (unpaired) electrons. The van der Waals surface area contributed by atoms with E-state index in [9.17, 15) is 31.5 Å². The summed E-state index contributed by atoms with van der Waals surface area (Å²) in [4.78, 5) is 22.2. The maximum atomic E-state index is 14.4. The van der Waals surface area contributed by atoms with Crippen LogP contribution in [0.5, 0.6) is 0 Å². The number of carbonyl (C=O) groups excluding carboxylic acids is 2. The Hall–Kier alpha value is -1.71. The number of rotatable bonds is 3. The minimum Gasteiger partial charge on any atom is -0.447 e. The first-order valence-corrected chi connectivity index (χ1v) is 5.87. The lowest BCUT2D eigenvalue weighted by Crippen LogP contribution is -2.65. The molecule has 1 aliphatic rings. The number of ether oxygens (including phenoxy) is 3. The van der Waals surface area contributed by atoms with Gasteiger partial charge in [0.1, 0.15) is 0 Å². The second kappa shape index (κ2) is 5.18. The summed E-state index contributed by atoms with van der Waals surface area (Å²) in [7, 11) is 0. The van der Waals surface area contributed by atoms with Gasteiger partial charge in [-0.25, -0.2) is 4.79 Å². The third-order valence-electron chi connectivity index (χ3n) is 2.96. The maximum Gasteiger partial charge on any atom is 0.462 e. The van der Waals surface area contributed by atoms with Gasteiger partial charge in [-0.2, -0.15) is 22.0 Å². The van der Waals surface area contributed by atoms with Crippen LogP contribution >= 0.6 is 0 Å². The Morgan fingerprint density at radius 3 is 2.05 bits per heavy atom. The van der Waals surface area contributed by atoms with Gasteiger partial charge in [0.25, 0.3) is 0 Å². The molecule has 1 fully saturated rings. The lowest BCUT2D eigenvalue weighted by molar-refractivity contribution is -0.409. The van der Waals surface area contributed by atoms with Crippen molar-refractivity contribution < 1.29 is 45.8 Å². The number of halogens is 5. The van der Waals surface area contributed by atoms with E-state index in [1.165, 1.54) is 0 Å². The molecule has 2 unspecified atom stereocenters. The number of alkyl halides is 5. The summed E-state index contributed by atoms with van der Waals surface area (Å²) in [6, 6.07) is 0. The standard InChI is InChI=1S/C12H13F5O5/c1-6(2)8(19)22-9(4)5-20-11(10(9,13)14,12(15,16)17)21-7(3)18/h1,5H2,2-4H3. The molecule has 0 saturated carbocycles. The van der Waals surface area contributed by atoms with Crippen LogP contribution in [0.3, 0.4) is 0 Å². The molecule has 5 nitrogen and oxygen atoms in total. The molecule has 0 aromatic carbocycles. The molecular formula is C12H13F5O5. The lowest BCUT2D eigenvalue weighted by Gasteiger charge is -2.37. The Balaban J connectivity index is 3.34. The van der Waals surface area contributed by atoms with E-state index in [1.807, 2.05) is 0 Å². The van der Waals surface area contributed by atoms with E-state index in [4.69, 9.17) is 0 Å². The van der Waals surface area contributed by atoms with Crippen molar-refractivity contribution in [3.8, 4) is 0 Å². The van der Waals surface area contributed by atoms with Gasteiger partial charge < -0.3 is 14.2 Å². The molecule has 0 aliphatic carbocycles. The highest BCUT2D eigenvalue weighted by Crippen LogP contribution is 2.56. The normalized spacial score (nSPS) is 30.7. The largest absolute Gasteiger partial charge is 0.462 e. The maximum absolute atomic E-state index is 14.4. The van der Waals surface area contributed by atoms with Gasteiger partial charge in [-0.1, -0.05) is 6.58 Å². The van der Waals surface area contributed by atoms with Crippen molar-refractivity contribution in [2.75, 3.05) is 6.61 Å². The van der Waals surface area contributed by atoms with E-state index in [0.29, 0.717) is 13.8 Å². The molecule has 0 spiro atoms. The highest BCUT2D eigenvalue weighted by Gasteiger charge is 2.85. The Kier molecular flexibility index (Phi) is 4.32. The van der Waals surface area contributed by atoms with Gasteiger partial charge in [0.2, 0.25) is 5.60 Å². The number of hydrogen-bond acceptors (Lipinski definition) is 5. The van der Waals surface area contributed by atoms with Crippen LogP contribution in [0.15, 0.2) is 12.2 Å².